The summed E-state index contributed by atoms with van der Waals surface area (Å²) < 4.78 is 6.24. The molecule has 8 heteroatoms. The van der Waals surface area contributed by atoms with E-state index >= 15 is 0 Å². The Hall–Kier alpha value is -3.13. The number of anilines is 2. The Morgan fingerprint density at radius 1 is 1.29 bits per heavy atom. The highest BCUT2D eigenvalue weighted by atomic mass is 32.1. The summed E-state index contributed by atoms with van der Waals surface area (Å²) in [4.78, 5) is 30.8. The zero-order valence-electron chi connectivity index (χ0n) is 15.6. The normalized spacial score (nSPS) is 16.4. The van der Waals surface area contributed by atoms with Gasteiger partial charge in [0, 0.05) is 24.7 Å². The van der Waals surface area contributed by atoms with Crippen molar-refractivity contribution in [3.63, 3.8) is 0 Å². The van der Waals surface area contributed by atoms with E-state index in [2.05, 4.69) is 15.6 Å². The van der Waals surface area contributed by atoms with E-state index in [0.717, 1.165) is 21.5 Å². The number of nitrogens with one attached hydrogen (secondary N) is 2. The molecule has 1 atom stereocenters. The van der Waals surface area contributed by atoms with E-state index in [4.69, 9.17) is 4.74 Å². The van der Waals surface area contributed by atoms with Crippen LogP contribution in [0, 0.1) is 6.92 Å². The SMILES string of the molecule is COc1cccc(N2C[C@H](NC(=O)Nc3nc4ccc(C)cc4s3)CC2=O)c1. The Morgan fingerprint density at radius 2 is 2.14 bits per heavy atom. The van der Waals surface area contributed by atoms with Gasteiger partial charge in [0.15, 0.2) is 5.13 Å². The van der Waals surface area contributed by atoms with Crippen molar-refractivity contribution in [3.05, 3.63) is 48.0 Å². The Kier molecular flexibility index (Phi) is 4.87. The molecule has 2 heterocycles. The summed E-state index contributed by atoms with van der Waals surface area (Å²) in [6.45, 7) is 2.43. The largest absolute Gasteiger partial charge is 0.497 e. The van der Waals surface area contributed by atoms with E-state index in [1.807, 2.05) is 49.4 Å². The van der Waals surface area contributed by atoms with Gasteiger partial charge in [0.1, 0.15) is 5.75 Å². The minimum Gasteiger partial charge on any atom is -0.497 e. The summed E-state index contributed by atoms with van der Waals surface area (Å²) in [5.74, 6) is 0.652. The number of fused-ring (bicyclic) bond motifs is 1. The fraction of sp³-hybridized carbons (Fsp3) is 0.250. The third kappa shape index (κ3) is 3.77. The first-order chi connectivity index (χ1) is 13.5. The maximum atomic E-state index is 12.4. The molecule has 2 aromatic carbocycles. The second-order valence-corrected chi connectivity index (χ2v) is 7.73. The standard InChI is InChI=1S/C20H20N4O3S/c1-12-6-7-16-17(8-12)28-20(22-16)23-19(26)21-13-9-18(25)24(11-13)14-4-3-5-15(10-14)27-2/h3-8,10,13H,9,11H2,1-2H3,(H2,21,22,23,26)/t13-/m1/s1. The molecule has 0 aliphatic carbocycles. The van der Waals surface area contributed by atoms with Gasteiger partial charge in [-0.15, -0.1) is 0 Å². The van der Waals surface area contributed by atoms with Crippen LogP contribution >= 0.6 is 11.3 Å². The number of ether oxygens (including phenoxy) is 1. The molecule has 2 N–H and O–H groups in total. The highest BCUT2D eigenvalue weighted by Crippen LogP contribution is 2.27. The second-order valence-electron chi connectivity index (χ2n) is 6.70. The van der Waals surface area contributed by atoms with Gasteiger partial charge in [-0.3, -0.25) is 10.1 Å². The van der Waals surface area contributed by atoms with Crippen LogP contribution in [-0.2, 0) is 4.79 Å². The van der Waals surface area contributed by atoms with Crippen molar-refractivity contribution < 1.29 is 14.3 Å². The maximum absolute atomic E-state index is 12.4. The molecule has 1 aliphatic rings. The van der Waals surface area contributed by atoms with Crippen LogP contribution < -0.4 is 20.3 Å². The van der Waals surface area contributed by atoms with Gasteiger partial charge < -0.3 is 15.0 Å². The van der Waals surface area contributed by atoms with Gasteiger partial charge in [-0.2, -0.15) is 0 Å². The number of rotatable bonds is 4. The van der Waals surface area contributed by atoms with E-state index in [-0.39, 0.29) is 24.4 Å². The molecule has 4 rings (SSSR count). The molecule has 0 bridgehead atoms. The smallest absolute Gasteiger partial charge is 0.321 e. The highest BCUT2D eigenvalue weighted by molar-refractivity contribution is 7.22. The molecule has 7 nitrogen and oxygen atoms in total. The Labute approximate surface area is 166 Å². The van der Waals surface area contributed by atoms with Crippen molar-refractivity contribution in [1.29, 1.82) is 0 Å². The van der Waals surface area contributed by atoms with Crippen LogP contribution in [0.2, 0.25) is 0 Å². The molecule has 3 amide bonds. The van der Waals surface area contributed by atoms with Gasteiger partial charge in [0.05, 0.1) is 23.4 Å². The second kappa shape index (κ2) is 7.47. The average molecular weight is 396 g/mol. The molecule has 0 spiro atoms. The summed E-state index contributed by atoms with van der Waals surface area (Å²) in [6, 6.07) is 12.7. The molecule has 28 heavy (non-hydrogen) atoms. The quantitative estimate of drug-likeness (QED) is 0.707. The van der Waals surface area contributed by atoms with Gasteiger partial charge >= 0.3 is 6.03 Å². The number of aromatic nitrogens is 1. The number of carbonyl (C=O) groups is 2. The topological polar surface area (TPSA) is 83.6 Å². The van der Waals surface area contributed by atoms with E-state index in [1.165, 1.54) is 11.3 Å². The molecule has 1 aliphatic heterocycles. The predicted molar refractivity (Wildman–Crippen MR) is 110 cm³/mol. The monoisotopic (exact) mass is 396 g/mol. The highest BCUT2D eigenvalue weighted by Gasteiger charge is 2.31. The zero-order valence-corrected chi connectivity index (χ0v) is 16.4. The van der Waals surface area contributed by atoms with Crippen LogP contribution in [0.15, 0.2) is 42.5 Å². The zero-order chi connectivity index (χ0) is 19.7. The maximum Gasteiger partial charge on any atom is 0.321 e. The molecular weight excluding hydrogens is 376 g/mol. The molecule has 3 aromatic rings. The molecule has 144 valence electrons. The van der Waals surface area contributed by atoms with Crippen molar-refractivity contribution in [2.24, 2.45) is 0 Å². The van der Waals surface area contributed by atoms with Crippen molar-refractivity contribution in [1.82, 2.24) is 10.3 Å². The van der Waals surface area contributed by atoms with Gasteiger partial charge in [0.2, 0.25) is 5.91 Å². The summed E-state index contributed by atoms with van der Waals surface area (Å²) in [7, 11) is 1.59. The number of nitrogens with zero attached hydrogens (tertiary/aromatic N) is 2. The number of amides is 3. The molecule has 0 unspecified atom stereocenters. The molecule has 1 saturated heterocycles. The summed E-state index contributed by atoms with van der Waals surface area (Å²) in [5.41, 5.74) is 2.76. The fourth-order valence-electron chi connectivity index (χ4n) is 3.24. The third-order valence-corrected chi connectivity index (χ3v) is 5.52. The number of methoxy groups -OCH3 is 1. The van der Waals surface area contributed by atoms with Gasteiger partial charge in [-0.25, -0.2) is 9.78 Å². The van der Waals surface area contributed by atoms with E-state index < -0.39 is 0 Å². The van der Waals surface area contributed by atoms with Crippen LogP contribution in [0.25, 0.3) is 10.2 Å². The lowest BCUT2D eigenvalue weighted by molar-refractivity contribution is -0.117. The molecule has 0 saturated carbocycles. The Bertz CT molecular complexity index is 1050. The summed E-state index contributed by atoms with van der Waals surface area (Å²) in [5, 5.41) is 6.17. The Balaban J connectivity index is 1.39. The number of carbonyl (C=O) groups excluding carboxylic acids is 2. The van der Waals surface area contributed by atoms with Crippen molar-refractivity contribution >= 4 is 44.3 Å². The number of benzene rings is 2. The minimum atomic E-state index is -0.360. The van der Waals surface area contributed by atoms with Crippen LogP contribution in [0.3, 0.4) is 0 Å². The number of hydrogen-bond acceptors (Lipinski definition) is 5. The van der Waals surface area contributed by atoms with Crippen molar-refractivity contribution in [2.45, 2.75) is 19.4 Å². The van der Waals surface area contributed by atoms with Crippen molar-refractivity contribution in [2.75, 3.05) is 23.9 Å². The molecule has 1 aromatic heterocycles. The summed E-state index contributed by atoms with van der Waals surface area (Å²) >= 11 is 1.43. The predicted octanol–water partition coefficient (Wildman–Crippen LogP) is 3.54. The molecule has 1 fully saturated rings. The van der Waals surface area contributed by atoms with E-state index in [0.29, 0.717) is 17.4 Å². The Morgan fingerprint density at radius 3 is 2.96 bits per heavy atom. The summed E-state index contributed by atoms with van der Waals surface area (Å²) in [6.07, 6.45) is 0.254. The average Bonchev–Trinajstić information content (AvgIpc) is 3.23. The lowest BCUT2D eigenvalue weighted by Crippen LogP contribution is -2.39. The molecular formula is C20H20N4O3S. The number of hydrogen-bond donors (Lipinski definition) is 2. The van der Waals surface area contributed by atoms with E-state index in [9.17, 15) is 9.59 Å². The van der Waals surface area contributed by atoms with Gasteiger partial charge in [0.25, 0.3) is 0 Å². The first-order valence-electron chi connectivity index (χ1n) is 8.91. The van der Waals surface area contributed by atoms with Crippen LogP contribution in [0.4, 0.5) is 15.6 Å². The fourth-order valence-corrected chi connectivity index (χ4v) is 4.20. The number of urea groups is 1. The number of aryl methyl sites for hydroxylation is 1. The van der Waals surface area contributed by atoms with Crippen LogP contribution in [-0.4, -0.2) is 36.6 Å². The lowest BCUT2D eigenvalue weighted by atomic mass is 10.2. The number of thiazole rings is 1. The van der Waals surface area contributed by atoms with Crippen LogP contribution in [0.1, 0.15) is 12.0 Å². The minimum absolute atomic E-state index is 0.0333. The first-order valence-corrected chi connectivity index (χ1v) is 9.72. The molecule has 0 radical (unpaired) electrons. The third-order valence-electron chi connectivity index (χ3n) is 4.59. The van der Waals surface area contributed by atoms with Gasteiger partial charge in [-0.1, -0.05) is 23.5 Å². The first kappa shape index (κ1) is 18.2. The van der Waals surface area contributed by atoms with Crippen molar-refractivity contribution in [3.8, 4) is 5.75 Å². The van der Waals surface area contributed by atoms with Gasteiger partial charge in [-0.05, 0) is 36.8 Å². The van der Waals surface area contributed by atoms with E-state index in [1.54, 1.807) is 12.0 Å². The lowest BCUT2D eigenvalue weighted by Gasteiger charge is -2.18. The van der Waals surface area contributed by atoms with Crippen LogP contribution in [0.5, 0.6) is 5.75 Å².